The number of pyridine rings is 2. The van der Waals surface area contributed by atoms with E-state index in [1.54, 1.807) is 6.20 Å². The Morgan fingerprint density at radius 3 is 2.94 bits per heavy atom. The van der Waals surface area contributed by atoms with Crippen molar-refractivity contribution >= 4 is 17.2 Å². The van der Waals surface area contributed by atoms with Crippen LogP contribution in [0.5, 0.6) is 0 Å². The molecule has 0 unspecified atom stereocenters. The lowest BCUT2D eigenvalue weighted by atomic mass is 10.2. The van der Waals surface area contributed by atoms with Crippen LogP contribution in [-0.4, -0.2) is 14.4 Å². The van der Waals surface area contributed by atoms with Gasteiger partial charge in [-0.15, -0.1) is 11.6 Å². The Morgan fingerprint density at radius 2 is 2.12 bits per heavy atom. The minimum atomic E-state index is 0.442. The van der Waals surface area contributed by atoms with Crippen LogP contribution in [0.2, 0.25) is 0 Å². The summed E-state index contributed by atoms with van der Waals surface area (Å²) in [6.45, 7) is 0. The van der Waals surface area contributed by atoms with Gasteiger partial charge in [0, 0.05) is 24.5 Å². The molecule has 0 aliphatic rings. The second kappa shape index (κ2) is 4.18. The Labute approximate surface area is 104 Å². The molecule has 0 saturated carbocycles. The van der Waals surface area contributed by atoms with Crippen LogP contribution < -0.4 is 0 Å². The van der Waals surface area contributed by atoms with Gasteiger partial charge in [-0.25, -0.2) is 4.98 Å². The van der Waals surface area contributed by atoms with Crippen molar-refractivity contribution in [2.45, 2.75) is 5.88 Å². The van der Waals surface area contributed by atoms with E-state index in [2.05, 4.69) is 9.97 Å². The van der Waals surface area contributed by atoms with E-state index in [0.29, 0.717) is 5.88 Å². The molecule has 0 radical (unpaired) electrons. The topological polar surface area (TPSA) is 30.2 Å². The van der Waals surface area contributed by atoms with Gasteiger partial charge in [0.1, 0.15) is 11.3 Å². The molecule has 0 N–H and O–H groups in total. The van der Waals surface area contributed by atoms with Gasteiger partial charge >= 0.3 is 0 Å². The number of halogens is 1. The maximum absolute atomic E-state index is 5.91. The first kappa shape index (κ1) is 10.3. The van der Waals surface area contributed by atoms with Crippen LogP contribution in [0, 0.1) is 0 Å². The molecular formula is C13H10ClN3. The summed E-state index contributed by atoms with van der Waals surface area (Å²) < 4.78 is 1.97. The lowest BCUT2D eigenvalue weighted by molar-refractivity contribution is 1.19. The van der Waals surface area contributed by atoms with E-state index < -0.39 is 0 Å². The van der Waals surface area contributed by atoms with Gasteiger partial charge in [0.25, 0.3) is 0 Å². The zero-order chi connectivity index (χ0) is 11.7. The fourth-order valence-corrected chi connectivity index (χ4v) is 2.04. The van der Waals surface area contributed by atoms with Gasteiger partial charge in [0.05, 0.1) is 5.69 Å². The number of rotatable bonds is 2. The highest BCUT2D eigenvalue weighted by Crippen LogP contribution is 2.21. The molecule has 0 fully saturated rings. The fourth-order valence-electron chi connectivity index (χ4n) is 1.83. The minimum Gasteiger partial charge on any atom is -0.306 e. The van der Waals surface area contributed by atoms with Gasteiger partial charge in [-0.3, -0.25) is 4.98 Å². The van der Waals surface area contributed by atoms with Crippen molar-refractivity contribution in [3.8, 4) is 11.4 Å². The average Bonchev–Trinajstić information content (AvgIpc) is 2.82. The highest BCUT2D eigenvalue weighted by atomic mass is 35.5. The minimum absolute atomic E-state index is 0.442. The molecular weight excluding hydrogens is 234 g/mol. The summed E-state index contributed by atoms with van der Waals surface area (Å²) in [6, 6.07) is 9.76. The lowest BCUT2D eigenvalue weighted by Crippen LogP contribution is -1.89. The third-order valence-corrected chi connectivity index (χ3v) is 2.93. The number of alkyl halides is 1. The summed E-state index contributed by atoms with van der Waals surface area (Å²) >= 11 is 5.91. The van der Waals surface area contributed by atoms with Gasteiger partial charge in [0.2, 0.25) is 0 Å². The van der Waals surface area contributed by atoms with Crippen molar-refractivity contribution in [3.63, 3.8) is 0 Å². The molecule has 0 saturated heterocycles. The number of nitrogens with zero attached hydrogens (tertiary/aromatic N) is 3. The quantitative estimate of drug-likeness (QED) is 0.648. The number of aromatic nitrogens is 3. The summed E-state index contributed by atoms with van der Waals surface area (Å²) in [7, 11) is 0. The summed E-state index contributed by atoms with van der Waals surface area (Å²) in [4.78, 5) is 8.89. The summed E-state index contributed by atoms with van der Waals surface area (Å²) in [5.74, 6) is 0.442. The molecule has 17 heavy (non-hydrogen) atoms. The Kier molecular flexibility index (Phi) is 2.53. The standard InChI is InChI=1S/C13H10ClN3/c14-8-10-4-3-6-15-13(10)11-9-17-7-2-1-5-12(17)16-11/h1-7,9H,8H2. The second-order valence-corrected chi connectivity index (χ2v) is 4.00. The van der Waals surface area contributed by atoms with Crippen LogP contribution in [0.15, 0.2) is 48.9 Å². The van der Waals surface area contributed by atoms with Crippen molar-refractivity contribution < 1.29 is 0 Å². The molecule has 3 nitrogen and oxygen atoms in total. The normalized spacial score (nSPS) is 10.9. The Hall–Kier alpha value is -1.87. The molecule has 3 heterocycles. The molecule has 0 amide bonds. The monoisotopic (exact) mass is 243 g/mol. The molecule has 0 bridgehead atoms. The third kappa shape index (κ3) is 1.78. The Bertz CT molecular complexity index is 627. The van der Waals surface area contributed by atoms with Crippen molar-refractivity contribution in [2.75, 3.05) is 0 Å². The Morgan fingerprint density at radius 1 is 1.18 bits per heavy atom. The number of hydrogen-bond acceptors (Lipinski definition) is 2. The number of fused-ring (bicyclic) bond motifs is 1. The third-order valence-electron chi connectivity index (χ3n) is 2.64. The molecule has 84 valence electrons. The van der Waals surface area contributed by atoms with E-state index in [-0.39, 0.29) is 0 Å². The van der Waals surface area contributed by atoms with E-state index in [9.17, 15) is 0 Å². The van der Waals surface area contributed by atoms with Crippen LogP contribution in [0.25, 0.3) is 17.0 Å². The summed E-state index contributed by atoms with van der Waals surface area (Å²) in [5.41, 5.74) is 3.62. The molecule has 4 heteroatoms. The van der Waals surface area contributed by atoms with E-state index in [0.717, 1.165) is 22.6 Å². The van der Waals surface area contributed by atoms with Gasteiger partial charge in [-0.2, -0.15) is 0 Å². The van der Waals surface area contributed by atoms with Crippen LogP contribution in [0.1, 0.15) is 5.56 Å². The predicted octanol–water partition coefficient (Wildman–Crippen LogP) is 3.14. The molecule has 0 aliphatic heterocycles. The first-order chi connectivity index (χ1) is 8.38. The van der Waals surface area contributed by atoms with Crippen LogP contribution >= 0.6 is 11.6 Å². The molecule has 0 aliphatic carbocycles. The summed E-state index contributed by atoms with van der Waals surface area (Å²) in [6.07, 6.45) is 5.69. The van der Waals surface area contributed by atoms with Crippen LogP contribution in [0.3, 0.4) is 0 Å². The highest BCUT2D eigenvalue weighted by molar-refractivity contribution is 6.17. The SMILES string of the molecule is ClCc1cccnc1-c1cn2ccccc2n1. The van der Waals surface area contributed by atoms with E-state index in [4.69, 9.17) is 11.6 Å². The molecule has 0 spiro atoms. The molecule has 0 aromatic carbocycles. The van der Waals surface area contributed by atoms with Gasteiger partial charge in [-0.1, -0.05) is 12.1 Å². The number of imidazole rings is 1. The van der Waals surface area contributed by atoms with Gasteiger partial charge in [0.15, 0.2) is 0 Å². The first-order valence-electron chi connectivity index (χ1n) is 5.32. The largest absolute Gasteiger partial charge is 0.306 e. The van der Waals surface area contributed by atoms with Crippen molar-refractivity contribution in [3.05, 3.63) is 54.5 Å². The predicted molar refractivity (Wildman–Crippen MR) is 68.0 cm³/mol. The maximum atomic E-state index is 5.91. The highest BCUT2D eigenvalue weighted by Gasteiger charge is 2.09. The van der Waals surface area contributed by atoms with Crippen molar-refractivity contribution in [1.29, 1.82) is 0 Å². The van der Waals surface area contributed by atoms with Gasteiger partial charge in [-0.05, 0) is 23.8 Å². The smallest absolute Gasteiger partial charge is 0.137 e. The first-order valence-corrected chi connectivity index (χ1v) is 5.86. The van der Waals surface area contributed by atoms with Crippen LogP contribution in [-0.2, 0) is 5.88 Å². The van der Waals surface area contributed by atoms with E-state index in [1.165, 1.54) is 0 Å². The second-order valence-electron chi connectivity index (χ2n) is 3.74. The van der Waals surface area contributed by atoms with Gasteiger partial charge < -0.3 is 4.40 Å². The lowest BCUT2D eigenvalue weighted by Gasteiger charge is -2.01. The zero-order valence-corrected chi connectivity index (χ0v) is 9.80. The average molecular weight is 244 g/mol. The molecule has 3 aromatic heterocycles. The summed E-state index contributed by atoms with van der Waals surface area (Å²) in [5, 5.41) is 0. The number of hydrogen-bond donors (Lipinski definition) is 0. The van der Waals surface area contributed by atoms with E-state index >= 15 is 0 Å². The molecule has 3 rings (SSSR count). The van der Waals surface area contributed by atoms with E-state index in [1.807, 2.05) is 47.1 Å². The molecule has 0 atom stereocenters. The van der Waals surface area contributed by atoms with Crippen molar-refractivity contribution in [1.82, 2.24) is 14.4 Å². The fraction of sp³-hybridized carbons (Fsp3) is 0.0769. The van der Waals surface area contributed by atoms with Crippen molar-refractivity contribution in [2.24, 2.45) is 0 Å². The Balaban J connectivity index is 2.20. The maximum Gasteiger partial charge on any atom is 0.137 e. The zero-order valence-electron chi connectivity index (χ0n) is 9.05. The molecule has 3 aromatic rings. The van der Waals surface area contributed by atoms with Crippen LogP contribution in [0.4, 0.5) is 0 Å².